The number of alkyl halides is 1. The van der Waals surface area contributed by atoms with Gasteiger partial charge in [-0.3, -0.25) is 24.2 Å². The molecule has 2 aromatic heterocycles. The minimum atomic E-state index is -1.11. The fourth-order valence-corrected chi connectivity index (χ4v) is 5.43. The highest BCUT2D eigenvalue weighted by atomic mass is 79.9. The molecule has 1 saturated heterocycles. The van der Waals surface area contributed by atoms with Crippen LogP contribution in [0.1, 0.15) is 37.3 Å². The van der Waals surface area contributed by atoms with Crippen LogP contribution >= 0.6 is 43.6 Å². The molecule has 1 aliphatic rings. The molecule has 0 N–H and O–H groups in total. The molecule has 2 aromatic rings. The van der Waals surface area contributed by atoms with Gasteiger partial charge in [0.1, 0.15) is 29.9 Å². The number of carbonyl (C=O) groups is 4. The van der Waals surface area contributed by atoms with Crippen LogP contribution < -0.4 is 0 Å². The Morgan fingerprint density at radius 3 is 2.39 bits per heavy atom. The van der Waals surface area contributed by atoms with Gasteiger partial charge in [0.2, 0.25) is 0 Å². The van der Waals surface area contributed by atoms with Crippen molar-refractivity contribution < 1.29 is 38.1 Å². The van der Waals surface area contributed by atoms with Gasteiger partial charge >= 0.3 is 17.9 Å². The highest BCUT2D eigenvalue weighted by molar-refractivity contribution is 9.10. The lowest BCUT2D eigenvalue weighted by molar-refractivity contribution is -0.212. The molecule has 3 rings (SSSR count). The van der Waals surface area contributed by atoms with E-state index in [2.05, 4.69) is 47.2 Å². The van der Waals surface area contributed by atoms with E-state index in [9.17, 15) is 19.2 Å². The smallest absolute Gasteiger partial charge is 0.303 e. The zero-order valence-corrected chi connectivity index (χ0v) is 23.3. The number of esters is 3. The topological polar surface area (TPSA) is 149 Å². The number of nitrogens with zero attached hydrogens (tertiary/aromatic N) is 4. The Kier molecular flexibility index (Phi) is 9.99. The summed E-state index contributed by atoms with van der Waals surface area (Å²) in [5.74, 6) is -2.17. The molecule has 36 heavy (non-hydrogen) atoms. The van der Waals surface area contributed by atoms with Crippen molar-refractivity contribution >= 4 is 67.3 Å². The molecule has 0 spiro atoms. The molecule has 194 valence electrons. The second-order valence-electron chi connectivity index (χ2n) is 7.58. The highest BCUT2D eigenvalue weighted by Gasteiger charge is 2.52. The average Bonchev–Trinajstić information content (AvgIpc) is 3.28. The van der Waals surface area contributed by atoms with Crippen molar-refractivity contribution in [1.82, 2.24) is 20.0 Å². The highest BCUT2D eigenvalue weighted by Crippen LogP contribution is 2.41. The molecular weight excluding hydrogens is 628 g/mol. The Morgan fingerprint density at radius 1 is 1.08 bits per heavy atom. The van der Waals surface area contributed by atoms with E-state index in [0.717, 1.165) is 0 Å². The third-order valence-electron chi connectivity index (χ3n) is 4.83. The molecule has 3 heterocycles. The maximum atomic E-state index is 12.2. The van der Waals surface area contributed by atoms with E-state index in [0.29, 0.717) is 9.37 Å². The Labute approximate surface area is 227 Å². The largest absolute Gasteiger partial charge is 0.463 e. The third kappa shape index (κ3) is 7.33. The van der Waals surface area contributed by atoms with Crippen LogP contribution in [0.4, 0.5) is 0 Å². The molecule has 3 unspecified atom stereocenters. The quantitative estimate of drug-likeness (QED) is 0.170. The summed E-state index contributed by atoms with van der Waals surface area (Å²) in [6.45, 7) is 3.41. The number of ether oxygens (including phenoxy) is 4. The summed E-state index contributed by atoms with van der Waals surface area (Å²) in [5.41, 5.74) is -0.819. The monoisotopic (exact) mass is 648 g/mol. The molecule has 0 saturated carbocycles. The molecule has 1 aliphatic heterocycles. The van der Waals surface area contributed by atoms with Gasteiger partial charge in [-0.05, 0) is 22.0 Å². The maximum Gasteiger partial charge on any atom is 0.303 e. The first-order valence-corrected chi connectivity index (χ1v) is 13.3. The lowest BCUT2D eigenvalue weighted by atomic mass is 9.96. The zero-order chi connectivity index (χ0) is 26.4. The molecule has 0 aliphatic carbocycles. The van der Waals surface area contributed by atoms with Crippen LogP contribution in [-0.4, -0.2) is 79.4 Å². The second-order valence-corrected chi connectivity index (χ2v) is 10.2. The molecule has 12 nitrogen and oxygen atoms in total. The third-order valence-corrected chi connectivity index (χ3v) is 6.88. The fourth-order valence-electron chi connectivity index (χ4n) is 3.49. The van der Waals surface area contributed by atoms with Crippen LogP contribution in [0.15, 0.2) is 34.0 Å². The Hall–Kier alpha value is -2.36. The summed E-state index contributed by atoms with van der Waals surface area (Å²) in [5, 5.41) is 7.99. The number of hydrogen-bond acceptors (Lipinski definition) is 12. The number of rotatable bonds is 9. The molecule has 15 heteroatoms. The second kappa shape index (κ2) is 12.7. The minimum absolute atomic E-state index is 0.0175. The fraction of sp³-hybridized carbons (Fsp3) is 0.476. The van der Waals surface area contributed by atoms with Gasteiger partial charge in [-0.2, -0.15) is 0 Å². The molecule has 1 fully saturated rings. The molecule has 0 amide bonds. The first kappa shape index (κ1) is 28.2. The number of thioether (sulfide) groups is 1. The minimum Gasteiger partial charge on any atom is -0.463 e. The predicted octanol–water partition coefficient (Wildman–Crippen LogP) is 2.50. The van der Waals surface area contributed by atoms with Crippen molar-refractivity contribution in [2.45, 2.75) is 55.5 Å². The standard InChI is InChI=1S/C21H22Br2N4O8S/c1-10(28)32-9-17-19(33-11(2)29)18(27-8-15(25-26-27)16(31)5-22)20(34-12(3)30)21(35-17)36-14-4-13(23)6-24-7-14/h4,6-8,17-21H,5,9H2,1-3H3/t17?,18?,19-,20?,21+/m0/s1. The summed E-state index contributed by atoms with van der Waals surface area (Å²) in [6.07, 6.45) is 1.44. The summed E-state index contributed by atoms with van der Waals surface area (Å²) in [4.78, 5) is 52.7. The zero-order valence-electron chi connectivity index (χ0n) is 19.3. The Balaban J connectivity index is 2.10. The number of pyridine rings is 1. The van der Waals surface area contributed by atoms with Crippen molar-refractivity contribution in [2.75, 3.05) is 11.9 Å². The molecular formula is C21H22Br2N4O8S. The van der Waals surface area contributed by atoms with Gasteiger partial charge in [-0.15, -0.1) is 5.10 Å². The van der Waals surface area contributed by atoms with E-state index >= 15 is 0 Å². The first-order chi connectivity index (χ1) is 17.1. The number of halogens is 2. The normalized spacial score (nSPS) is 23.5. The van der Waals surface area contributed by atoms with Gasteiger partial charge in [0, 0.05) is 42.5 Å². The Morgan fingerprint density at radius 2 is 1.78 bits per heavy atom. The van der Waals surface area contributed by atoms with Crippen molar-refractivity contribution in [3.05, 3.63) is 34.8 Å². The van der Waals surface area contributed by atoms with Gasteiger partial charge in [-0.1, -0.05) is 32.9 Å². The van der Waals surface area contributed by atoms with Crippen LogP contribution in [0, 0.1) is 0 Å². The van der Waals surface area contributed by atoms with E-state index in [-0.39, 0.29) is 23.4 Å². The van der Waals surface area contributed by atoms with Crippen LogP contribution in [0.5, 0.6) is 0 Å². The number of aromatic nitrogens is 4. The van der Waals surface area contributed by atoms with Crippen LogP contribution in [-0.2, 0) is 33.3 Å². The van der Waals surface area contributed by atoms with Gasteiger partial charge in [0.05, 0.1) is 11.5 Å². The van der Waals surface area contributed by atoms with Crippen molar-refractivity contribution in [3.8, 4) is 0 Å². The van der Waals surface area contributed by atoms with Crippen LogP contribution in [0.2, 0.25) is 0 Å². The lowest BCUT2D eigenvalue weighted by Crippen LogP contribution is -2.57. The van der Waals surface area contributed by atoms with E-state index in [1.165, 1.54) is 43.4 Å². The maximum absolute atomic E-state index is 12.2. The predicted molar refractivity (Wildman–Crippen MR) is 131 cm³/mol. The van der Waals surface area contributed by atoms with E-state index < -0.39 is 47.7 Å². The summed E-state index contributed by atoms with van der Waals surface area (Å²) in [7, 11) is 0. The van der Waals surface area contributed by atoms with Gasteiger partial charge < -0.3 is 18.9 Å². The first-order valence-electron chi connectivity index (χ1n) is 10.5. The van der Waals surface area contributed by atoms with Crippen molar-refractivity contribution in [2.24, 2.45) is 0 Å². The van der Waals surface area contributed by atoms with Gasteiger partial charge in [-0.25, -0.2) is 4.68 Å². The molecule has 0 bridgehead atoms. The van der Waals surface area contributed by atoms with Gasteiger partial charge in [0.25, 0.3) is 0 Å². The summed E-state index contributed by atoms with van der Waals surface area (Å²) < 4.78 is 24.6. The average molecular weight is 650 g/mol. The van der Waals surface area contributed by atoms with Crippen molar-refractivity contribution in [3.63, 3.8) is 0 Å². The SMILES string of the molecule is CC(=O)OCC1O[C@H](Sc2cncc(Br)c2)C(OC(C)=O)C(n2cc(C(=O)CBr)nn2)[C@H]1OC(C)=O. The molecule has 0 radical (unpaired) electrons. The number of Topliss-reactive ketones (excluding diaryl/α,β-unsaturated/α-hetero) is 1. The summed E-state index contributed by atoms with van der Waals surface area (Å²) >= 11 is 7.66. The van der Waals surface area contributed by atoms with E-state index in [4.69, 9.17) is 18.9 Å². The number of carbonyl (C=O) groups excluding carboxylic acids is 4. The number of hydrogen-bond donors (Lipinski definition) is 0. The Bertz CT molecular complexity index is 1130. The van der Waals surface area contributed by atoms with Crippen molar-refractivity contribution in [1.29, 1.82) is 0 Å². The van der Waals surface area contributed by atoms with E-state index in [1.54, 1.807) is 18.5 Å². The van der Waals surface area contributed by atoms with Crippen LogP contribution in [0.25, 0.3) is 0 Å². The van der Waals surface area contributed by atoms with E-state index in [1.807, 2.05) is 0 Å². The lowest BCUT2D eigenvalue weighted by Gasteiger charge is -2.44. The number of ketones is 1. The van der Waals surface area contributed by atoms with Gasteiger partial charge in [0.15, 0.2) is 18.0 Å². The summed E-state index contributed by atoms with van der Waals surface area (Å²) in [6, 6.07) is 0.816. The van der Waals surface area contributed by atoms with Crippen LogP contribution in [0.3, 0.4) is 0 Å². The molecule has 5 atom stereocenters. The molecule has 0 aromatic carbocycles.